The van der Waals surface area contributed by atoms with E-state index in [1.807, 2.05) is 12.1 Å². The summed E-state index contributed by atoms with van der Waals surface area (Å²) in [5.41, 5.74) is 8.63. The summed E-state index contributed by atoms with van der Waals surface area (Å²) in [5.74, 6) is 0.493. The maximum Gasteiger partial charge on any atom is 0.0469 e. The molecule has 0 aliphatic carbocycles. The zero-order valence-electron chi connectivity index (χ0n) is 9.99. The fourth-order valence-corrected chi connectivity index (χ4v) is 2.73. The van der Waals surface area contributed by atoms with Crippen LogP contribution in [0.15, 0.2) is 18.2 Å². The van der Waals surface area contributed by atoms with E-state index in [-0.39, 0.29) is 18.4 Å². The van der Waals surface area contributed by atoms with Crippen molar-refractivity contribution in [2.24, 2.45) is 11.7 Å². The Bertz CT molecular complexity index is 344. The van der Waals surface area contributed by atoms with Crippen molar-refractivity contribution < 1.29 is 4.74 Å². The molecular formula is C13H19Cl2NO. The van der Waals surface area contributed by atoms with E-state index in [1.165, 1.54) is 5.56 Å². The van der Waals surface area contributed by atoms with Gasteiger partial charge in [0.15, 0.2) is 0 Å². The van der Waals surface area contributed by atoms with Gasteiger partial charge in [-0.2, -0.15) is 0 Å². The van der Waals surface area contributed by atoms with Crippen molar-refractivity contribution in [1.29, 1.82) is 0 Å². The molecule has 0 spiro atoms. The number of ether oxygens (including phenoxy) is 1. The Labute approximate surface area is 114 Å². The maximum absolute atomic E-state index is 6.33. The van der Waals surface area contributed by atoms with E-state index in [0.29, 0.717) is 5.92 Å². The molecule has 1 aromatic carbocycles. The Morgan fingerprint density at radius 1 is 1.35 bits per heavy atom. The first kappa shape index (κ1) is 14.8. The van der Waals surface area contributed by atoms with Gasteiger partial charge in [0.25, 0.3) is 0 Å². The van der Waals surface area contributed by atoms with E-state index in [4.69, 9.17) is 22.1 Å². The number of nitrogens with two attached hydrogens (primary N) is 1. The van der Waals surface area contributed by atoms with Crippen molar-refractivity contribution in [2.45, 2.75) is 25.8 Å². The van der Waals surface area contributed by atoms with Gasteiger partial charge in [-0.15, -0.1) is 12.4 Å². The van der Waals surface area contributed by atoms with Crippen LogP contribution in [-0.4, -0.2) is 13.2 Å². The number of aryl methyl sites for hydroxylation is 1. The lowest BCUT2D eigenvalue weighted by molar-refractivity contribution is 0.0583. The molecule has 1 heterocycles. The molecule has 1 aliphatic heterocycles. The van der Waals surface area contributed by atoms with Gasteiger partial charge in [-0.1, -0.05) is 23.7 Å². The Morgan fingerprint density at radius 3 is 2.59 bits per heavy atom. The maximum atomic E-state index is 6.33. The topological polar surface area (TPSA) is 35.2 Å². The highest BCUT2D eigenvalue weighted by Crippen LogP contribution is 2.33. The summed E-state index contributed by atoms with van der Waals surface area (Å²) in [4.78, 5) is 0. The number of benzene rings is 1. The van der Waals surface area contributed by atoms with Gasteiger partial charge in [0.2, 0.25) is 0 Å². The van der Waals surface area contributed by atoms with Crippen molar-refractivity contribution in [3.05, 3.63) is 34.3 Å². The lowest BCUT2D eigenvalue weighted by atomic mass is 9.86. The predicted octanol–water partition coefficient (Wildman–Crippen LogP) is 3.50. The van der Waals surface area contributed by atoms with Gasteiger partial charge in [-0.05, 0) is 42.9 Å². The molecule has 0 radical (unpaired) electrons. The van der Waals surface area contributed by atoms with Crippen LogP contribution in [0.2, 0.25) is 5.02 Å². The molecule has 0 saturated carbocycles. The normalized spacial score (nSPS) is 18.5. The second kappa shape index (κ2) is 6.60. The van der Waals surface area contributed by atoms with Crippen LogP contribution in [-0.2, 0) is 4.74 Å². The minimum absolute atomic E-state index is 0. The SMILES string of the molecule is Cc1cccc(Cl)c1[C@@H](N)C1CCOCC1.Cl. The smallest absolute Gasteiger partial charge is 0.0469 e. The average Bonchev–Trinajstić information content (AvgIpc) is 2.30. The lowest BCUT2D eigenvalue weighted by Crippen LogP contribution is -2.28. The van der Waals surface area contributed by atoms with E-state index in [0.717, 1.165) is 36.6 Å². The highest BCUT2D eigenvalue weighted by Gasteiger charge is 2.24. The summed E-state index contributed by atoms with van der Waals surface area (Å²) in [5, 5.41) is 0.791. The van der Waals surface area contributed by atoms with Crippen LogP contribution in [0.25, 0.3) is 0 Å². The second-order valence-corrected chi connectivity index (χ2v) is 4.85. The largest absolute Gasteiger partial charge is 0.381 e. The Hall–Kier alpha value is -0.280. The van der Waals surface area contributed by atoms with Crippen LogP contribution in [0, 0.1) is 12.8 Å². The van der Waals surface area contributed by atoms with Gasteiger partial charge in [-0.3, -0.25) is 0 Å². The van der Waals surface area contributed by atoms with Crippen molar-refractivity contribution in [3.8, 4) is 0 Å². The predicted molar refractivity (Wildman–Crippen MR) is 73.9 cm³/mol. The zero-order valence-corrected chi connectivity index (χ0v) is 11.6. The van der Waals surface area contributed by atoms with Gasteiger partial charge < -0.3 is 10.5 Å². The molecule has 0 unspecified atom stereocenters. The van der Waals surface area contributed by atoms with E-state index in [1.54, 1.807) is 0 Å². The summed E-state index contributed by atoms with van der Waals surface area (Å²) < 4.78 is 5.36. The molecule has 1 atom stereocenters. The molecule has 4 heteroatoms. The number of rotatable bonds is 2. The first-order valence-corrected chi connectivity index (χ1v) is 6.16. The summed E-state index contributed by atoms with van der Waals surface area (Å²) in [6.07, 6.45) is 2.07. The fourth-order valence-electron chi connectivity index (χ4n) is 2.38. The standard InChI is InChI=1S/C13H18ClNO.ClH/c1-9-3-2-4-11(14)12(9)13(15)10-5-7-16-8-6-10;/h2-4,10,13H,5-8,15H2,1H3;1H/t13-;/m0./s1. The van der Waals surface area contributed by atoms with E-state index in [2.05, 4.69) is 13.0 Å². The number of halogens is 2. The molecule has 96 valence electrons. The highest BCUT2D eigenvalue weighted by atomic mass is 35.5. The van der Waals surface area contributed by atoms with Crippen LogP contribution in [0.3, 0.4) is 0 Å². The summed E-state index contributed by atoms with van der Waals surface area (Å²) in [6, 6.07) is 6.00. The second-order valence-electron chi connectivity index (χ2n) is 4.45. The first-order valence-electron chi connectivity index (χ1n) is 5.78. The van der Waals surface area contributed by atoms with Crippen LogP contribution >= 0.6 is 24.0 Å². The molecule has 1 aromatic rings. The van der Waals surface area contributed by atoms with Crippen molar-refractivity contribution in [2.75, 3.05) is 13.2 Å². The van der Waals surface area contributed by atoms with Crippen molar-refractivity contribution in [1.82, 2.24) is 0 Å². The molecular weight excluding hydrogens is 257 g/mol. The molecule has 2 N–H and O–H groups in total. The van der Waals surface area contributed by atoms with Crippen molar-refractivity contribution in [3.63, 3.8) is 0 Å². The monoisotopic (exact) mass is 275 g/mol. The van der Waals surface area contributed by atoms with Gasteiger partial charge in [0.1, 0.15) is 0 Å². The van der Waals surface area contributed by atoms with Crippen LogP contribution < -0.4 is 5.73 Å². The average molecular weight is 276 g/mol. The van der Waals surface area contributed by atoms with Gasteiger partial charge >= 0.3 is 0 Å². The molecule has 0 bridgehead atoms. The van der Waals surface area contributed by atoms with Crippen LogP contribution in [0.1, 0.15) is 30.0 Å². The third-order valence-corrected chi connectivity index (χ3v) is 3.71. The number of hydrogen-bond donors (Lipinski definition) is 1. The third-order valence-electron chi connectivity index (χ3n) is 3.38. The van der Waals surface area contributed by atoms with Crippen LogP contribution in [0.5, 0.6) is 0 Å². The third kappa shape index (κ3) is 3.35. The number of hydrogen-bond acceptors (Lipinski definition) is 2. The molecule has 1 fully saturated rings. The summed E-state index contributed by atoms with van der Waals surface area (Å²) in [6.45, 7) is 3.71. The molecule has 0 amide bonds. The van der Waals surface area contributed by atoms with E-state index < -0.39 is 0 Å². The molecule has 0 aromatic heterocycles. The zero-order chi connectivity index (χ0) is 11.5. The Kier molecular flexibility index (Phi) is 5.74. The summed E-state index contributed by atoms with van der Waals surface area (Å²) >= 11 is 6.23. The fraction of sp³-hybridized carbons (Fsp3) is 0.538. The first-order chi connectivity index (χ1) is 7.70. The van der Waals surface area contributed by atoms with E-state index in [9.17, 15) is 0 Å². The van der Waals surface area contributed by atoms with Gasteiger partial charge in [0.05, 0.1) is 0 Å². The minimum atomic E-state index is 0. The summed E-state index contributed by atoms with van der Waals surface area (Å²) in [7, 11) is 0. The van der Waals surface area contributed by atoms with Crippen molar-refractivity contribution >= 4 is 24.0 Å². The minimum Gasteiger partial charge on any atom is -0.381 e. The van der Waals surface area contributed by atoms with Gasteiger partial charge in [0, 0.05) is 24.3 Å². The van der Waals surface area contributed by atoms with E-state index >= 15 is 0 Å². The quantitative estimate of drug-likeness (QED) is 0.897. The highest BCUT2D eigenvalue weighted by molar-refractivity contribution is 6.31. The molecule has 17 heavy (non-hydrogen) atoms. The molecule has 1 saturated heterocycles. The Morgan fingerprint density at radius 2 is 2.00 bits per heavy atom. The lowest BCUT2D eigenvalue weighted by Gasteiger charge is -2.29. The Balaban J connectivity index is 0.00000144. The van der Waals surface area contributed by atoms with Gasteiger partial charge in [-0.25, -0.2) is 0 Å². The molecule has 1 aliphatic rings. The molecule has 2 nitrogen and oxygen atoms in total. The van der Waals surface area contributed by atoms with Crippen LogP contribution in [0.4, 0.5) is 0 Å². The molecule has 2 rings (SSSR count).